The average Bonchev–Trinajstić information content (AvgIpc) is 3.70. The Labute approximate surface area is 393 Å². The van der Waals surface area contributed by atoms with Crippen molar-refractivity contribution in [2.24, 2.45) is 4.99 Å². The molecule has 0 fully saturated rings. The first-order chi connectivity index (χ1) is 31.1. The van der Waals surface area contributed by atoms with Crippen LogP contribution in [0.25, 0.3) is 37.8 Å². The second-order valence-corrected chi connectivity index (χ2v) is 21.8. The van der Waals surface area contributed by atoms with E-state index in [9.17, 15) is 43.7 Å². The van der Waals surface area contributed by atoms with Crippen molar-refractivity contribution in [1.29, 1.82) is 0 Å². The summed E-state index contributed by atoms with van der Waals surface area (Å²) in [5.74, 6) is -0.941. The highest BCUT2D eigenvalue weighted by Crippen LogP contribution is 2.52. The van der Waals surface area contributed by atoms with Gasteiger partial charge in [0.05, 0.1) is 63.4 Å². The number of thiocarbonyl (C=S) groups is 1. The third-order valence-electron chi connectivity index (χ3n) is 11.1. The lowest BCUT2D eigenvalue weighted by Gasteiger charge is -2.34. The maximum absolute atomic E-state index is 14.7. The molecule has 0 unspecified atom stereocenters. The minimum atomic E-state index is -4.61. The molecule has 350 valence electrons. The minimum Gasteiger partial charge on any atom is -0.378 e. The monoisotopic (exact) mass is 1020 g/mol. The molecule has 0 atom stereocenters. The van der Waals surface area contributed by atoms with Gasteiger partial charge in [0.2, 0.25) is 5.52 Å². The van der Waals surface area contributed by atoms with E-state index in [0.717, 1.165) is 38.6 Å². The van der Waals surface area contributed by atoms with E-state index in [1.165, 1.54) is 29.5 Å². The molecular formula is C41H42N5O14S6+. The molecular weight excluding hydrogens is 979 g/mol. The van der Waals surface area contributed by atoms with Gasteiger partial charge in [-0.3, -0.25) is 18.5 Å². The first kappa shape index (κ1) is 49.4. The number of Topliss-reactive ketones (excluding diaryl/α,β-unsaturated/α-hetero) is 1. The lowest BCUT2D eigenvalue weighted by atomic mass is 9.79. The molecule has 1 aromatic heterocycles. The number of carbonyl (C=O) groups excluding carboxylic acids is 1. The third kappa shape index (κ3) is 10.6. The third-order valence-corrected chi connectivity index (χ3v) is 15.0. The van der Waals surface area contributed by atoms with Crippen molar-refractivity contribution in [2.75, 3.05) is 57.1 Å². The highest BCUT2D eigenvalue weighted by molar-refractivity contribution is 7.94. The molecule has 0 spiro atoms. The molecule has 2 heterocycles. The fourth-order valence-electron chi connectivity index (χ4n) is 8.12. The summed E-state index contributed by atoms with van der Waals surface area (Å²) in [6.07, 6.45) is 3.50. The summed E-state index contributed by atoms with van der Waals surface area (Å²) >= 11 is 7.12. The highest BCUT2D eigenvalue weighted by Gasteiger charge is 2.44. The molecule has 5 N–H and O–H groups in total. The summed E-state index contributed by atoms with van der Waals surface area (Å²) in [4.78, 5) is 22.8. The van der Waals surface area contributed by atoms with Gasteiger partial charge in [-0.05, 0) is 71.0 Å². The molecule has 0 bridgehead atoms. The van der Waals surface area contributed by atoms with E-state index in [1.807, 2.05) is 42.7 Å². The van der Waals surface area contributed by atoms with Crippen LogP contribution in [0.1, 0.15) is 24.4 Å². The number of fused-ring (bicyclic) bond motifs is 6. The second-order valence-electron chi connectivity index (χ2n) is 15.6. The van der Waals surface area contributed by atoms with Crippen LogP contribution in [-0.2, 0) is 61.4 Å². The summed E-state index contributed by atoms with van der Waals surface area (Å²) < 4.78 is 114. The number of allylic oxidation sites excluding steroid dienone is 4. The number of thiazole rings is 1. The molecule has 5 aromatic rings. The lowest BCUT2D eigenvalue weighted by molar-refractivity contribution is -0.665. The molecule has 0 saturated carbocycles. The summed E-state index contributed by atoms with van der Waals surface area (Å²) in [6.45, 7) is 4.09. The summed E-state index contributed by atoms with van der Waals surface area (Å²) in [5.41, 5.74) is 3.04. The van der Waals surface area contributed by atoms with Crippen LogP contribution in [0.4, 0.5) is 5.69 Å². The van der Waals surface area contributed by atoms with E-state index in [4.69, 9.17) is 22.2 Å². The van der Waals surface area contributed by atoms with Gasteiger partial charge in [0, 0.05) is 59.7 Å². The van der Waals surface area contributed by atoms with Crippen LogP contribution in [0.3, 0.4) is 0 Å². The number of carbonyl (C=O) groups is 1. The van der Waals surface area contributed by atoms with Crippen molar-refractivity contribution >= 4 is 121 Å². The van der Waals surface area contributed by atoms with Gasteiger partial charge >= 0.3 is 10.3 Å². The van der Waals surface area contributed by atoms with Crippen LogP contribution in [0.5, 0.6) is 0 Å². The van der Waals surface area contributed by atoms with Gasteiger partial charge in [0.1, 0.15) is 11.2 Å². The number of benzene rings is 4. The van der Waals surface area contributed by atoms with Gasteiger partial charge in [-0.1, -0.05) is 54.5 Å². The van der Waals surface area contributed by atoms with Crippen LogP contribution in [-0.4, -0.2) is 112 Å². The summed E-state index contributed by atoms with van der Waals surface area (Å²) in [6, 6.07) is 17.1. The molecule has 19 nitrogen and oxygen atoms in total. The number of ether oxygens (including phenoxy) is 1. The Morgan fingerprint density at radius 2 is 1.71 bits per heavy atom. The number of aliphatic imine (C=N–C) groups is 1. The molecule has 4 aromatic carbocycles. The van der Waals surface area contributed by atoms with Crippen LogP contribution >= 0.6 is 35.6 Å². The average molecular weight is 1020 g/mol. The molecule has 1 aliphatic heterocycles. The Balaban J connectivity index is 1.39. The van der Waals surface area contributed by atoms with Crippen LogP contribution in [0.15, 0.2) is 104 Å². The van der Waals surface area contributed by atoms with Gasteiger partial charge in [0.15, 0.2) is 12.3 Å². The normalized spacial score (nSPS) is 16.5. The standard InChI is InChI=1S/C41H41N5O14S6/c1-41(2)33-10-4-26-21-28(65(52,53)54)7-9-29(26)38(33)45(15-13-43-66(55,56)57)35(41)22-31-37(44(3)16-17-58-18-19-64(49,50)51)32(40(31)47)23-36-46(14-12-42-24-61)39-30-8-6-27(63-60-59-48)20-25(30)5-11-34(39)62-36/h4-11,20-23,43H,12-19H2,1-3H3,(H3-,48,49,50,51,52,53,54,55,56,57)/p+1. The fourth-order valence-corrected chi connectivity index (χ4v) is 11.0. The van der Waals surface area contributed by atoms with Crippen molar-refractivity contribution < 1.29 is 67.6 Å². The number of rotatable bonds is 20. The summed E-state index contributed by atoms with van der Waals surface area (Å²) in [5, 5.41) is 18.3. The molecule has 1 aliphatic carbocycles. The number of nitrogens with zero attached hydrogens (tertiary/aromatic N) is 4. The maximum atomic E-state index is 14.7. The zero-order valence-electron chi connectivity index (χ0n) is 35.2. The van der Waals surface area contributed by atoms with Gasteiger partial charge < -0.3 is 14.5 Å². The molecule has 0 radical (unpaired) electrons. The van der Waals surface area contributed by atoms with Crippen molar-refractivity contribution in [1.82, 2.24) is 9.62 Å². The summed E-state index contributed by atoms with van der Waals surface area (Å²) in [7, 11) is -11.7. The van der Waals surface area contributed by atoms with Crippen molar-refractivity contribution in [3.8, 4) is 0 Å². The minimum absolute atomic E-state index is 0.0168. The number of hydrogen-bond donors (Lipinski definition) is 5. The number of nitrogens with one attached hydrogen (secondary N) is 1. The Bertz CT molecular complexity index is 3270. The Morgan fingerprint density at radius 3 is 2.41 bits per heavy atom. The number of ketones is 1. The second kappa shape index (κ2) is 19.6. The predicted octanol–water partition coefficient (Wildman–Crippen LogP) is 5.40. The first-order valence-electron chi connectivity index (χ1n) is 19.7. The van der Waals surface area contributed by atoms with Crippen molar-refractivity contribution in [2.45, 2.75) is 35.6 Å². The zero-order chi connectivity index (χ0) is 47.8. The quantitative estimate of drug-likeness (QED) is 0.00752. The largest absolute Gasteiger partial charge is 0.378 e. The fraction of sp³-hybridized carbons (Fsp3) is 0.293. The number of aromatic nitrogens is 1. The molecule has 7 rings (SSSR count). The Hall–Kier alpha value is -4.54. The van der Waals surface area contributed by atoms with E-state index >= 15 is 0 Å². The highest BCUT2D eigenvalue weighted by atomic mass is 32.2. The van der Waals surface area contributed by atoms with Crippen LogP contribution in [0.2, 0.25) is 0 Å². The van der Waals surface area contributed by atoms with E-state index in [2.05, 4.69) is 24.2 Å². The smallest absolute Gasteiger partial charge is 0.333 e. The zero-order valence-corrected chi connectivity index (χ0v) is 40.1. The topological polar surface area (TPSA) is 263 Å². The maximum Gasteiger partial charge on any atom is 0.333 e. The SMILES string of the molecule is CN(CCOCCS(=O)(=O)O)C1=C(C=C2N(CCNS(=O)(=O)O)c3c(ccc4cc(S(=O)(=O)O)ccc34)C2(C)C)C(=O)C1=Cc1sc2ccc3cc(SOOO)ccc3c2[n+]1CCN=C=S. The van der Waals surface area contributed by atoms with E-state index in [0.29, 0.717) is 49.9 Å². The van der Waals surface area contributed by atoms with Crippen LogP contribution < -0.4 is 14.2 Å². The number of anilines is 1. The van der Waals surface area contributed by atoms with Gasteiger partial charge in [-0.2, -0.15) is 34.5 Å². The van der Waals surface area contributed by atoms with E-state index < -0.39 is 41.7 Å². The van der Waals surface area contributed by atoms with Crippen molar-refractivity contribution in [3.63, 3.8) is 0 Å². The predicted molar refractivity (Wildman–Crippen MR) is 252 cm³/mol. The Morgan fingerprint density at radius 1 is 0.985 bits per heavy atom. The molecule has 0 saturated heterocycles. The van der Waals surface area contributed by atoms with E-state index in [-0.39, 0.29) is 55.6 Å². The molecule has 25 heteroatoms. The van der Waals surface area contributed by atoms with Gasteiger partial charge in [0.25, 0.3) is 25.2 Å². The van der Waals surface area contributed by atoms with E-state index in [1.54, 1.807) is 47.2 Å². The molecule has 66 heavy (non-hydrogen) atoms. The number of isothiocyanates is 1. The molecule has 2 aliphatic rings. The van der Waals surface area contributed by atoms with Crippen LogP contribution in [0, 0.1) is 0 Å². The first-order valence-corrected chi connectivity index (χ1v) is 26.2. The van der Waals surface area contributed by atoms with Crippen molar-refractivity contribution in [3.05, 3.63) is 99.9 Å². The van der Waals surface area contributed by atoms with Gasteiger partial charge in [-0.15, -0.1) is 4.33 Å². The number of hydrogen-bond acceptors (Lipinski definition) is 17. The lowest BCUT2D eigenvalue weighted by Crippen LogP contribution is -2.39. The van der Waals surface area contributed by atoms with Gasteiger partial charge in [-0.25, -0.2) is 10.2 Å². The number of likely N-dealkylation sites (N-methyl/N-ethyl adjacent to an activating group) is 1. The Kier molecular flexibility index (Phi) is 14.7. The molecule has 0 amide bonds.